The monoisotopic (exact) mass is 307 g/mol. The van der Waals surface area contributed by atoms with Crippen molar-refractivity contribution in [1.82, 2.24) is 9.55 Å². The van der Waals surface area contributed by atoms with E-state index in [1.807, 2.05) is 0 Å². The van der Waals surface area contributed by atoms with Crippen molar-refractivity contribution in [3.05, 3.63) is 22.7 Å². The van der Waals surface area contributed by atoms with Gasteiger partial charge in [-0.3, -0.25) is 9.09 Å². The lowest BCUT2D eigenvalue weighted by atomic mass is 10.2. The molecule has 11 heteroatoms. The molecular formula is C9H14N3O7P. The number of nitrogen functional groups attached to an aromatic ring is 1. The second-order valence-electron chi connectivity index (χ2n) is 4.28. The minimum absolute atomic E-state index is 0.0418. The first kappa shape index (κ1) is 15.1. The summed E-state index contributed by atoms with van der Waals surface area (Å²) in [5, 5.41) is 9.84. The zero-order valence-electron chi connectivity index (χ0n) is 10.2. The molecule has 1 aromatic rings. The molecule has 0 bridgehead atoms. The second-order valence-corrected chi connectivity index (χ2v) is 5.52. The van der Waals surface area contributed by atoms with Gasteiger partial charge in [0.1, 0.15) is 11.9 Å². The number of hydrogen-bond acceptors (Lipinski definition) is 7. The minimum Gasteiger partial charge on any atom is -0.388 e. The lowest BCUT2D eigenvalue weighted by Crippen LogP contribution is -2.31. The van der Waals surface area contributed by atoms with Gasteiger partial charge in [0.25, 0.3) is 0 Å². The van der Waals surface area contributed by atoms with Gasteiger partial charge in [0.05, 0.1) is 12.7 Å². The van der Waals surface area contributed by atoms with E-state index >= 15 is 0 Å². The highest BCUT2D eigenvalue weighted by Crippen LogP contribution is 2.38. The Bertz CT molecular complexity index is 585. The fourth-order valence-corrected chi connectivity index (χ4v) is 2.25. The highest BCUT2D eigenvalue weighted by atomic mass is 31.2. The first-order valence-electron chi connectivity index (χ1n) is 5.64. The third-order valence-electron chi connectivity index (χ3n) is 2.72. The third-order valence-corrected chi connectivity index (χ3v) is 3.21. The van der Waals surface area contributed by atoms with Crippen LogP contribution in [0, 0.1) is 0 Å². The molecule has 0 aromatic carbocycles. The highest BCUT2D eigenvalue weighted by molar-refractivity contribution is 7.46. The van der Waals surface area contributed by atoms with Gasteiger partial charge in [-0.15, -0.1) is 0 Å². The van der Waals surface area contributed by atoms with Crippen molar-refractivity contribution in [3.63, 3.8) is 0 Å². The summed E-state index contributed by atoms with van der Waals surface area (Å²) in [6.45, 7) is -0.394. The zero-order chi connectivity index (χ0) is 14.9. The molecule has 3 atom stereocenters. The number of phosphoric ester groups is 1. The van der Waals surface area contributed by atoms with E-state index in [0.717, 1.165) is 4.57 Å². The summed E-state index contributed by atoms with van der Waals surface area (Å²) in [6, 6.07) is 1.37. The number of aliphatic hydroxyl groups excluding tert-OH is 1. The van der Waals surface area contributed by atoms with Crippen LogP contribution in [0.4, 0.5) is 5.82 Å². The summed E-state index contributed by atoms with van der Waals surface area (Å²) in [7, 11) is -4.60. The number of phosphoric acid groups is 1. The second kappa shape index (κ2) is 5.60. The largest absolute Gasteiger partial charge is 0.469 e. The standard InChI is InChI=1S/C9H14N3O7P/c10-7-1-2-12(9(14)11-7)8-6(13)3-5(19-8)4-18-20(15,16)17/h1-2,5-6,8,13H,3-4H2,(H2,10,11,14)(H2,15,16,17)/t5-,6?,8+/m0/s1. The van der Waals surface area contributed by atoms with Crippen molar-refractivity contribution in [1.29, 1.82) is 0 Å². The van der Waals surface area contributed by atoms with Gasteiger partial charge >= 0.3 is 13.5 Å². The van der Waals surface area contributed by atoms with Gasteiger partial charge in [-0.1, -0.05) is 0 Å². The van der Waals surface area contributed by atoms with Crippen LogP contribution in [0.15, 0.2) is 17.1 Å². The van der Waals surface area contributed by atoms with Crippen LogP contribution < -0.4 is 11.4 Å². The minimum atomic E-state index is -4.60. The Kier molecular flexibility index (Phi) is 4.23. The van der Waals surface area contributed by atoms with Gasteiger partial charge < -0.3 is 25.4 Å². The van der Waals surface area contributed by atoms with E-state index in [1.54, 1.807) is 0 Å². The molecule has 2 heterocycles. The average molecular weight is 307 g/mol. The highest BCUT2D eigenvalue weighted by Gasteiger charge is 2.37. The van der Waals surface area contributed by atoms with Crippen molar-refractivity contribution in [2.24, 2.45) is 0 Å². The number of hydrogen-bond donors (Lipinski definition) is 4. The molecule has 112 valence electrons. The van der Waals surface area contributed by atoms with Gasteiger partial charge in [0, 0.05) is 12.6 Å². The Labute approximate surface area is 113 Å². The smallest absolute Gasteiger partial charge is 0.388 e. The lowest BCUT2D eigenvalue weighted by molar-refractivity contribution is -0.0524. The fraction of sp³-hybridized carbons (Fsp3) is 0.556. The van der Waals surface area contributed by atoms with Crippen molar-refractivity contribution < 1.29 is 28.7 Å². The van der Waals surface area contributed by atoms with Crippen LogP contribution >= 0.6 is 7.82 Å². The molecule has 1 fully saturated rings. The molecule has 1 unspecified atom stereocenters. The molecule has 1 saturated heterocycles. The summed E-state index contributed by atoms with van der Waals surface area (Å²) in [4.78, 5) is 32.3. The Morgan fingerprint density at radius 1 is 1.60 bits per heavy atom. The maximum atomic E-state index is 11.6. The quantitative estimate of drug-likeness (QED) is 0.490. The van der Waals surface area contributed by atoms with Gasteiger partial charge in [0.15, 0.2) is 6.23 Å². The normalized spacial score (nSPS) is 26.9. The number of nitrogens with zero attached hydrogens (tertiary/aromatic N) is 2. The molecule has 1 aliphatic heterocycles. The van der Waals surface area contributed by atoms with E-state index in [0.29, 0.717) is 0 Å². The first-order valence-corrected chi connectivity index (χ1v) is 7.17. The number of nitrogens with two attached hydrogens (primary N) is 1. The molecule has 0 aliphatic carbocycles. The molecule has 0 amide bonds. The summed E-state index contributed by atoms with van der Waals surface area (Å²) >= 11 is 0. The Hall–Kier alpha value is -1.29. The number of ether oxygens (including phenoxy) is 1. The van der Waals surface area contributed by atoms with Crippen LogP contribution in [-0.2, 0) is 13.8 Å². The van der Waals surface area contributed by atoms with E-state index in [2.05, 4.69) is 9.51 Å². The molecule has 20 heavy (non-hydrogen) atoms. The van der Waals surface area contributed by atoms with Crippen LogP contribution in [-0.4, -0.2) is 43.3 Å². The maximum Gasteiger partial charge on any atom is 0.469 e. The topological polar surface area (TPSA) is 157 Å². The molecule has 10 nitrogen and oxygen atoms in total. The SMILES string of the molecule is Nc1ccn([C@@H]2O[C@H](COP(=O)(O)O)CC2O)c(=O)n1. The van der Waals surface area contributed by atoms with Gasteiger partial charge in [-0.25, -0.2) is 9.36 Å². The number of aromatic nitrogens is 2. The predicted molar refractivity (Wildman–Crippen MR) is 65.4 cm³/mol. The number of aliphatic hydroxyl groups is 1. The van der Waals surface area contributed by atoms with Gasteiger partial charge in [-0.2, -0.15) is 4.98 Å². The number of anilines is 1. The average Bonchev–Trinajstić information content (AvgIpc) is 2.67. The van der Waals surface area contributed by atoms with E-state index in [4.69, 9.17) is 20.3 Å². The van der Waals surface area contributed by atoms with Crippen LogP contribution in [0.3, 0.4) is 0 Å². The lowest BCUT2D eigenvalue weighted by Gasteiger charge is -2.17. The van der Waals surface area contributed by atoms with Crippen molar-refractivity contribution in [2.45, 2.75) is 24.9 Å². The summed E-state index contributed by atoms with van der Waals surface area (Å²) in [6.07, 6.45) is -1.37. The summed E-state index contributed by atoms with van der Waals surface area (Å²) in [5.74, 6) is 0.0418. The fourth-order valence-electron chi connectivity index (χ4n) is 1.89. The van der Waals surface area contributed by atoms with Crippen molar-refractivity contribution >= 4 is 13.6 Å². The van der Waals surface area contributed by atoms with Crippen molar-refractivity contribution in [3.8, 4) is 0 Å². The molecule has 5 N–H and O–H groups in total. The van der Waals surface area contributed by atoms with E-state index in [1.165, 1.54) is 12.3 Å². The number of rotatable bonds is 4. The van der Waals surface area contributed by atoms with E-state index < -0.39 is 38.6 Å². The van der Waals surface area contributed by atoms with Crippen LogP contribution in [0.5, 0.6) is 0 Å². The van der Waals surface area contributed by atoms with Crippen molar-refractivity contribution in [2.75, 3.05) is 12.3 Å². The zero-order valence-corrected chi connectivity index (χ0v) is 11.1. The van der Waals surface area contributed by atoms with Crippen LogP contribution in [0.25, 0.3) is 0 Å². The molecule has 1 aromatic heterocycles. The predicted octanol–water partition coefficient (Wildman–Crippen LogP) is -1.42. The Morgan fingerprint density at radius 2 is 2.30 bits per heavy atom. The van der Waals surface area contributed by atoms with Gasteiger partial charge in [0.2, 0.25) is 0 Å². The van der Waals surface area contributed by atoms with Gasteiger partial charge in [-0.05, 0) is 6.07 Å². The van der Waals surface area contributed by atoms with Crippen LogP contribution in [0.1, 0.15) is 12.6 Å². The Morgan fingerprint density at radius 3 is 2.90 bits per heavy atom. The molecule has 1 aliphatic rings. The third kappa shape index (κ3) is 3.63. The van der Waals surface area contributed by atoms with E-state index in [-0.39, 0.29) is 12.2 Å². The van der Waals surface area contributed by atoms with Crippen LogP contribution in [0.2, 0.25) is 0 Å². The summed E-state index contributed by atoms with van der Waals surface area (Å²) < 4.78 is 21.3. The maximum absolute atomic E-state index is 11.6. The van der Waals surface area contributed by atoms with E-state index in [9.17, 15) is 14.5 Å². The molecule has 2 rings (SSSR count). The molecule has 0 spiro atoms. The molecular weight excluding hydrogens is 293 g/mol. The Balaban J connectivity index is 2.07. The molecule has 0 saturated carbocycles. The summed E-state index contributed by atoms with van der Waals surface area (Å²) in [5.41, 5.74) is 4.66. The molecule has 0 radical (unpaired) electrons. The first-order chi connectivity index (χ1) is 9.26.